The summed E-state index contributed by atoms with van der Waals surface area (Å²) in [7, 11) is 0. The first-order valence-electron chi connectivity index (χ1n) is 10.1. The van der Waals surface area contributed by atoms with Gasteiger partial charge in [0.05, 0.1) is 18.9 Å². The van der Waals surface area contributed by atoms with Crippen LogP contribution in [0.1, 0.15) is 37.9 Å². The summed E-state index contributed by atoms with van der Waals surface area (Å²) in [5.41, 5.74) is 1.09. The number of nitrogens with zero attached hydrogens (tertiary/aromatic N) is 6. The Bertz CT molecular complexity index is 935. The second kappa shape index (κ2) is 7.58. The van der Waals surface area contributed by atoms with Gasteiger partial charge in [-0.1, -0.05) is 36.8 Å². The molecule has 1 aliphatic carbocycles. The Morgan fingerprint density at radius 2 is 1.79 bits per heavy atom. The molecule has 1 aliphatic heterocycles. The highest BCUT2D eigenvalue weighted by Gasteiger charge is 2.23. The van der Waals surface area contributed by atoms with Crippen molar-refractivity contribution < 1.29 is 4.74 Å². The van der Waals surface area contributed by atoms with Crippen molar-refractivity contribution in [3.63, 3.8) is 0 Å². The predicted molar refractivity (Wildman–Crippen MR) is 106 cm³/mol. The second-order valence-electron chi connectivity index (χ2n) is 7.47. The highest BCUT2D eigenvalue weighted by atomic mass is 16.5. The van der Waals surface area contributed by atoms with Crippen LogP contribution in [0.25, 0.3) is 11.4 Å². The van der Waals surface area contributed by atoms with Gasteiger partial charge in [0.25, 0.3) is 0 Å². The summed E-state index contributed by atoms with van der Waals surface area (Å²) < 4.78 is 8.28. The minimum atomic E-state index is 0.274. The molecule has 7 nitrogen and oxygen atoms in total. The lowest BCUT2D eigenvalue weighted by Gasteiger charge is -2.29. The van der Waals surface area contributed by atoms with Crippen molar-refractivity contribution in [2.24, 2.45) is 0 Å². The van der Waals surface area contributed by atoms with E-state index in [9.17, 15) is 0 Å². The number of ether oxygens (including phenoxy) is 1. The Kier molecular flexibility index (Phi) is 4.64. The van der Waals surface area contributed by atoms with Crippen LogP contribution in [0.4, 0.5) is 5.82 Å². The van der Waals surface area contributed by atoms with Crippen LogP contribution in [0.5, 0.6) is 5.88 Å². The van der Waals surface area contributed by atoms with Crippen molar-refractivity contribution in [1.29, 1.82) is 0 Å². The molecule has 0 N–H and O–H groups in total. The molecular weight excluding hydrogens is 352 g/mol. The monoisotopic (exact) mass is 376 g/mol. The van der Waals surface area contributed by atoms with Gasteiger partial charge in [-0.05, 0) is 25.7 Å². The van der Waals surface area contributed by atoms with Gasteiger partial charge in [0.15, 0.2) is 17.5 Å². The fourth-order valence-electron chi connectivity index (χ4n) is 4.06. The molecule has 2 aliphatic rings. The van der Waals surface area contributed by atoms with E-state index in [0.29, 0.717) is 12.4 Å². The van der Waals surface area contributed by atoms with E-state index < -0.39 is 0 Å². The highest BCUT2D eigenvalue weighted by Crippen LogP contribution is 2.26. The Morgan fingerprint density at radius 1 is 0.929 bits per heavy atom. The molecule has 0 spiro atoms. The number of benzene rings is 1. The van der Waals surface area contributed by atoms with Gasteiger partial charge in [-0.15, -0.1) is 10.2 Å². The quantitative estimate of drug-likeness (QED) is 0.694. The van der Waals surface area contributed by atoms with Crippen LogP contribution >= 0.6 is 0 Å². The zero-order valence-corrected chi connectivity index (χ0v) is 15.9. The van der Waals surface area contributed by atoms with E-state index in [2.05, 4.69) is 36.8 Å². The fraction of sp³-hybridized carbons (Fsp3) is 0.429. The molecule has 2 aromatic heterocycles. The lowest BCUT2D eigenvalue weighted by atomic mass is 9.98. The molecule has 144 valence electrons. The summed E-state index contributed by atoms with van der Waals surface area (Å²) in [6, 6.07) is 10.2. The van der Waals surface area contributed by atoms with Crippen molar-refractivity contribution >= 4 is 5.82 Å². The maximum atomic E-state index is 6.08. The Morgan fingerprint density at radius 3 is 2.64 bits per heavy atom. The number of anilines is 1. The first-order chi connectivity index (χ1) is 13.9. The summed E-state index contributed by atoms with van der Waals surface area (Å²) >= 11 is 0. The smallest absolute Gasteiger partial charge is 0.234 e. The van der Waals surface area contributed by atoms with Crippen molar-refractivity contribution in [3.05, 3.63) is 48.5 Å². The second-order valence-corrected chi connectivity index (χ2v) is 7.47. The minimum Gasteiger partial charge on any atom is -0.473 e. The molecule has 0 saturated heterocycles. The largest absolute Gasteiger partial charge is 0.473 e. The average Bonchev–Trinajstić information content (AvgIpc) is 3.19. The zero-order valence-electron chi connectivity index (χ0n) is 15.9. The van der Waals surface area contributed by atoms with Crippen LogP contribution in [0, 0.1) is 0 Å². The third kappa shape index (κ3) is 3.44. The minimum absolute atomic E-state index is 0.274. The first kappa shape index (κ1) is 17.2. The molecule has 5 rings (SSSR count). The molecule has 0 bridgehead atoms. The summed E-state index contributed by atoms with van der Waals surface area (Å²) in [4.78, 5) is 11.3. The van der Waals surface area contributed by atoms with E-state index >= 15 is 0 Å². The van der Waals surface area contributed by atoms with E-state index in [4.69, 9.17) is 9.72 Å². The molecule has 0 amide bonds. The Labute approximate surface area is 164 Å². The van der Waals surface area contributed by atoms with Gasteiger partial charge >= 0.3 is 0 Å². The maximum absolute atomic E-state index is 6.08. The standard InChI is InChI=1S/C21H24N6O/c1-3-7-16(8-4-1)21-25-24-19-15-26(11-12-27(19)21)18-13-22-14-20(23-18)28-17-9-5-2-6-10-17/h1,3-4,7-8,13-14,17H,2,5-6,9-12,15H2. The molecular formula is C21H24N6O. The Hall–Kier alpha value is -2.96. The van der Waals surface area contributed by atoms with Crippen LogP contribution < -0.4 is 9.64 Å². The number of rotatable bonds is 4. The lowest BCUT2D eigenvalue weighted by molar-refractivity contribution is 0.148. The van der Waals surface area contributed by atoms with E-state index in [1.807, 2.05) is 18.2 Å². The van der Waals surface area contributed by atoms with Gasteiger partial charge in [-0.3, -0.25) is 4.98 Å². The highest BCUT2D eigenvalue weighted by molar-refractivity contribution is 5.55. The number of hydrogen-bond acceptors (Lipinski definition) is 6. The van der Waals surface area contributed by atoms with Crippen LogP contribution in [0.3, 0.4) is 0 Å². The Balaban J connectivity index is 1.32. The van der Waals surface area contributed by atoms with E-state index in [0.717, 1.165) is 49.0 Å². The fourth-order valence-corrected chi connectivity index (χ4v) is 4.06. The maximum Gasteiger partial charge on any atom is 0.234 e. The summed E-state index contributed by atoms with van der Waals surface area (Å²) in [5, 5.41) is 8.83. The van der Waals surface area contributed by atoms with Crippen LogP contribution in [0.15, 0.2) is 42.7 Å². The third-order valence-corrected chi connectivity index (χ3v) is 5.55. The number of fused-ring (bicyclic) bond motifs is 1. The van der Waals surface area contributed by atoms with Crippen LogP contribution in [0.2, 0.25) is 0 Å². The molecule has 7 heteroatoms. The van der Waals surface area contributed by atoms with Gasteiger partial charge in [-0.2, -0.15) is 4.98 Å². The topological polar surface area (TPSA) is 69.0 Å². The molecule has 1 fully saturated rings. The van der Waals surface area contributed by atoms with Crippen molar-refractivity contribution in [3.8, 4) is 17.3 Å². The van der Waals surface area contributed by atoms with E-state index in [1.54, 1.807) is 12.4 Å². The molecule has 0 unspecified atom stereocenters. The van der Waals surface area contributed by atoms with E-state index in [-0.39, 0.29) is 6.10 Å². The van der Waals surface area contributed by atoms with Gasteiger partial charge in [0.1, 0.15) is 6.10 Å². The SMILES string of the molecule is c1ccc(-c2nnc3n2CCN(c2cncc(OC4CCCCC4)n2)C3)cc1. The number of aromatic nitrogens is 5. The zero-order chi connectivity index (χ0) is 18.8. The normalized spacial score (nSPS) is 17.4. The van der Waals surface area contributed by atoms with Crippen molar-refractivity contribution in [2.45, 2.75) is 51.3 Å². The van der Waals surface area contributed by atoms with Crippen LogP contribution in [-0.2, 0) is 13.1 Å². The van der Waals surface area contributed by atoms with Gasteiger partial charge < -0.3 is 14.2 Å². The lowest BCUT2D eigenvalue weighted by Crippen LogP contribution is -2.34. The molecule has 28 heavy (non-hydrogen) atoms. The molecule has 3 aromatic rings. The number of hydrogen-bond donors (Lipinski definition) is 0. The molecule has 1 saturated carbocycles. The molecule has 0 radical (unpaired) electrons. The van der Waals surface area contributed by atoms with Crippen molar-refractivity contribution in [1.82, 2.24) is 24.7 Å². The molecule has 0 atom stereocenters. The van der Waals surface area contributed by atoms with Gasteiger partial charge in [-0.25, -0.2) is 0 Å². The summed E-state index contributed by atoms with van der Waals surface area (Å²) in [5.74, 6) is 3.34. The predicted octanol–water partition coefficient (Wildman–Crippen LogP) is 3.47. The third-order valence-electron chi connectivity index (χ3n) is 5.55. The summed E-state index contributed by atoms with van der Waals surface area (Å²) in [6.07, 6.45) is 9.81. The van der Waals surface area contributed by atoms with E-state index in [1.165, 1.54) is 19.3 Å². The van der Waals surface area contributed by atoms with Gasteiger partial charge in [0.2, 0.25) is 5.88 Å². The van der Waals surface area contributed by atoms with Gasteiger partial charge in [0, 0.05) is 18.7 Å². The summed E-state index contributed by atoms with van der Waals surface area (Å²) in [6.45, 7) is 2.33. The molecule has 1 aromatic carbocycles. The average molecular weight is 376 g/mol. The van der Waals surface area contributed by atoms with Crippen molar-refractivity contribution in [2.75, 3.05) is 11.4 Å². The first-order valence-corrected chi connectivity index (χ1v) is 10.1. The van der Waals surface area contributed by atoms with Crippen LogP contribution in [-0.4, -0.2) is 37.4 Å². The molecule has 3 heterocycles.